The molecule has 2 aromatic rings. The molecule has 1 unspecified atom stereocenters. The first-order valence-electron chi connectivity index (χ1n) is 7.85. The number of aromatic amines is 1. The number of fused-ring (bicyclic) bond motifs is 1. The van der Waals surface area contributed by atoms with Crippen LogP contribution < -0.4 is 10.2 Å². The number of hydrogen-bond acceptors (Lipinski definition) is 5. The van der Waals surface area contributed by atoms with Crippen LogP contribution in [0.2, 0.25) is 0 Å². The average molecular weight is 327 g/mol. The minimum atomic E-state index is -0.427. The van der Waals surface area contributed by atoms with E-state index in [2.05, 4.69) is 21.9 Å². The summed E-state index contributed by atoms with van der Waals surface area (Å²) in [5.74, 6) is 0.688. The van der Waals surface area contributed by atoms with Gasteiger partial charge in [-0.2, -0.15) is 0 Å². The van der Waals surface area contributed by atoms with Crippen molar-refractivity contribution in [3.8, 4) is 0 Å². The Labute approximate surface area is 137 Å². The lowest BCUT2D eigenvalue weighted by atomic mass is 9.78. The van der Waals surface area contributed by atoms with Gasteiger partial charge in [0, 0.05) is 30.9 Å². The molecule has 0 saturated carbocycles. The number of nitrogens with one attached hydrogen (secondary N) is 2. The second-order valence-electron chi connectivity index (χ2n) is 6.53. The molecule has 2 saturated heterocycles. The van der Waals surface area contributed by atoms with Crippen molar-refractivity contribution in [2.45, 2.75) is 19.3 Å². The van der Waals surface area contributed by atoms with Crippen LogP contribution in [0.15, 0.2) is 30.5 Å². The summed E-state index contributed by atoms with van der Waals surface area (Å²) in [4.78, 5) is 32.5. The monoisotopic (exact) mass is 327 g/mol. The molecular weight excluding hydrogens is 310 g/mol. The lowest BCUT2D eigenvalue weighted by Gasteiger charge is -2.33. The van der Waals surface area contributed by atoms with Gasteiger partial charge in [0.05, 0.1) is 21.4 Å². The van der Waals surface area contributed by atoms with Crippen molar-refractivity contribution in [2.24, 2.45) is 5.41 Å². The highest BCUT2D eigenvalue weighted by atomic mass is 16.6. The molecule has 8 nitrogen and oxygen atoms in total. The van der Waals surface area contributed by atoms with E-state index in [1.165, 1.54) is 12.1 Å². The quantitative estimate of drug-likeness (QED) is 0.649. The standard InChI is InChI=1S/C16H17N5O3/c1-10-4-5-16(14(22)17-10)6-7-20(9-16)15-18-12-3-2-11(21(23)24)8-13(12)19-15/h2-3,8H,1,4-7,9H2,(H,17,22)(H,18,19). The van der Waals surface area contributed by atoms with E-state index < -0.39 is 10.3 Å². The van der Waals surface area contributed by atoms with E-state index in [0.717, 1.165) is 31.5 Å². The fraction of sp³-hybridized carbons (Fsp3) is 0.375. The van der Waals surface area contributed by atoms with Gasteiger partial charge in [0.25, 0.3) is 5.69 Å². The molecule has 2 aliphatic heterocycles. The number of amides is 1. The second-order valence-corrected chi connectivity index (χ2v) is 6.53. The van der Waals surface area contributed by atoms with E-state index in [1.54, 1.807) is 6.07 Å². The summed E-state index contributed by atoms with van der Waals surface area (Å²) in [6.45, 7) is 5.14. The van der Waals surface area contributed by atoms with Crippen molar-refractivity contribution in [2.75, 3.05) is 18.0 Å². The Morgan fingerprint density at radius 1 is 1.38 bits per heavy atom. The fourth-order valence-electron chi connectivity index (χ4n) is 3.55. The summed E-state index contributed by atoms with van der Waals surface area (Å²) >= 11 is 0. The number of allylic oxidation sites excluding steroid dienone is 1. The number of carbonyl (C=O) groups excluding carboxylic acids is 1. The van der Waals surface area contributed by atoms with Gasteiger partial charge in [-0.3, -0.25) is 14.9 Å². The third-order valence-electron chi connectivity index (χ3n) is 4.99. The van der Waals surface area contributed by atoms with Crippen LogP contribution in [-0.2, 0) is 4.79 Å². The molecule has 0 radical (unpaired) electrons. The Morgan fingerprint density at radius 2 is 2.21 bits per heavy atom. The Morgan fingerprint density at radius 3 is 2.96 bits per heavy atom. The smallest absolute Gasteiger partial charge is 0.271 e. The number of nitrogens with zero attached hydrogens (tertiary/aromatic N) is 3. The van der Waals surface area contributed by atoms with Crippen LogP contribution >= 0.6 is 0 Å². The van der Waals surface area contributed by atoms with Gasteiger partial charge in [-0.15, -0.1) is 0 Å². The molecule has 1 spiro atoms. The number of rotatable bonds is 2. The number of nitro benzene ring substituents is 1. The molecule has 4 rings (SSSR count). The van der Waals surface area contributed by atoms with E-state index in [9.17, 15) is 14.9 Å². The number of nitro groups is 1. The first-order chi connectivity index (χ1) is 11.5. The largest absolute Gasteiger partial charge is 0.341 e. The van der Waals surface area contributed by atoms with Crippen molar-refractivity contribution in [3.63, 3.8) is 0 Å². The number of imidazole rings is 1. The molecule has 2 N–H and O–H groups in total. The molecule has 0 aliphatic carbocycles. The SMILES string of the molecule is C=C1CCC2(CCN(c3nc4ccc([N+](=O)[O-])cc4[nH]3)C2)C(=O)N1. The van der Waals surface area contributed by atoms with Crippen molar-refractivity contribution in [1.29, 1.82) is 0 Å². The predicted molar refractivity (Wildman–Crippen MR) is 88.5 cm³/mol. The summed E-state index contributed by atoms with van der Waals surface area (Å²) in [7, 11) is 0. The van der Waals surface area contributed by atoms with E-state index in [0.29, 0.717) is 23.5 Å². The number of piperidine rings is 1. The van der Waals surface area contributed by atoms with E-state index in [-0.39, 0.29) is 11.6 Å². The van der Waals surface area contributed by atoms with Crippen LogP contribution in [0.3, 0.4) is 0 Å². The molecule has 24 heavy (non-hydrogen) atoms. The van der Waals surface area contributed by atoms with Gasteiger partial charge in [-0.25, -0.2) is 4.98 Å². The molecule has 124 valence electrons. The first-order valence-corrected chi connectivity index (χ1v) is 7.85. The Balaban J connectivity index is 1.61. The van der Waals surface area contributed by atoms with E-state index in [1.807, 2.05) is 4.90 Å². The molecule has 2 aliphatic rings. The highest BCUT2D eigenvalue weighted by Crippen LogP contribution is 2.40. The zero-order valence-electron chi connectivity index (χ0n) is 13.0. The topological polar surface area (TPSA) is 104 Å². The second kappa shape index (κ2) is 5.05. The summed E-state index contributed by atoms with van der Waals surface area (Å²) in [6.07, 6.45) is 2.36. The Bertz CT molecular complexity index is 874. The lowest BCUT2D eigenvalue weighted by molar-refractivity contribution is -0.384. The molecule has 1 atom stereocenters. The number of hydrogen-bond donors (Lipinski definition) is 2. The number of benzene rings is 1. The number of H-pyrrole nitrogens is 1. The molecule has 1 aromatic carbocycles. The third-order valence-corrected chi connectivity index (χ3v) is 4.99. The number of anilines is 1. The lowest BCUT2D eigenvalue weighted by Crippen LogP contribution is -2.46. The zero-order valence-corrected chi connectivity index (χ0v) is 13.0. The minimum Gasteiger partial charge on any atom is -0.341 e. The maximum Gasteiger partial charge on any atom is 0.271 e. The van der Waals surface area contributed by atoms with Gasteiger partial charge >= 0.3 is 0 Å². The number of carbonyl (C=O) groups is 1. The van der Waals surface area contributed by atoms with Crippen LogP contribution in [0, 0.1) is 15.5 Å². The Hall–Kier alpha value is -2.90. The summed E-state index contributed by atoms with van der Waals surface area (Å²) in [5, 5.41) is 13.7. The predicted octanol–water partition coefficient (Wildman–Crippen LogP) is 2.09. The maximum absolute atomic E-state index is 12.4. The molecule has 2 fully saturated rings. The highest BCUT2D eigenvalue weighted by molar-refractivity contribution is 5.87. The molecule has 1 amide bonds. The summed E-state index contributed by atoms with van der Waals surface area (Å²) in [6, 6.07) is 4.56. The average Bonchev–Trinajstić information content (AvgIpc) is 3.15. The minimum absolute atomic E-state index is 0.0285. The first kappa shape index (κ1) is 14.7. The van der Waals surface area contributed by atoms with Gasteiger partial charge < -0.3 is 15.2 Å². The van der Waals surface area contributed by atoms with Crippen molar-refractivity contribution >= 4 is 28.6 Å². The number of non-ortho nitro benzene ring substituents is 1. The van der Waals surface area contributed by atoms with Gasteiger partial charge in [0.2, 0.25) is 11.9 Å². The zero-order chi connectivity index (χ0) is 16.9. The number of aromatic nitrogens is 2. The maximum atomic E-state index is 12.4. The molecule has 0 bridgehead atoms. The van der Waals surface area contributed by atoms with Crippen molar-refractivity contribution < 1.29 is 9.72 Å². The molecule has 1 aromatic heterocycles. The normalized spacial score (nSPS) is 23.9. The van der Waals surface area contributed by atoms with Gasteiger partial charge in [-0.1, -0.05) is 6.58 Å². The van der Waals surface area contributed by atoms with Gasteiger partial charge in [-0.05, 0) is 25.3 Å². The Kier molecular flexibility index (Phi) is 3.09. The van der Waals surface area contributed by atoms with Gasteiger partial charge in [0.1, 0.15) is 0 Å². The molecule has 8 heteroatoms. The van der Waals surface area contributed by atoms with Crippen LogP contribution in [0.5, 0.6) is 0 Å². The fourth-order valence-corrected chi connectivity index (χ4v) is 3.55. The van der Waals surface area contributed by atoms with Crippen molar-refractivity contribution in [1.82, 2.24) is 15.3 Å². The van der Waals surface area contributed by atoms with Gasteiger partial charge in [0.15, 0.2) is 0 Å². The van der Waals surface area contributed by atoms with E-state index >= 15 is 0 Å². The third kappa shape index (κ3) is 2.22. The van der Waals surface area contributed by atoms with Crippen LogP contribution in [0.25, 0.3) is 11.0 Å². The summed E-state index contributed by atoms with van der Waals surface area (Å²) in [5.41, 5.74) is 1.71. The van der Waals surface area contributed by atoms with Crippen LogP contribution in [-0.4, -0.2) is 33.9 Å². The molecule has 3 heterocycles. The highest BCUT2D eigenvalue weighted by Gasteiger charge is 2.47. The van der Waals surface area contributed by atoms with Crippen LogP contribution in [0.1, 0.15) is 19.3 Å². The summed E-state index contributed by atoms with van der Waals surface area (Å²) < 4.78 is 0. The molecular formula is C16H17N5O3. The van der Waals surface area contributed by atoms with Crippen molar-refractivity contribution in [3.05, 3.63) is 40.6 Å². The van der Waals surface area contributed by atoms with Crippen LogP contribution in [0.4, 0.5) is 11.6 Å². The van der Waals surface area contributed by atoms with E-state index in [4.69, 9.17) is 0 Å².